The molecule has 4 aliphatic rings. The molecule has 3 heterocycles. The molecule has 2 bridgehead atoms. The maximum atomic E-state index is 6.13. The van der Waals surface area contributed by atoms with Crippen LogP contribution >= 0.6 is 0 Å². The standard InChI is InChI=1S/C17H34N2O/c1-17(2,3)20-15-18-9-12-19(13-10-18,14-11-18)16-7-5-4-6-8-16/h16H,4-15H2,1-3H3/q+2. The van der Waals surface area contributed by atoms with Gasteiger partial charge in [-0.15, -0.1) is 0 Å². The van der Waals surface area contributed by atoms with Crippen LogP contribution in [0, 0.1) is 0 Å². The lowest BCUT2D eigenvalue weighted by atomic mass is 9.90. The highest BCUT2D eigenvalue weighted by molar-refractivity contribution is 4.72. The molecule has 0 aromatic heterocycles. The minimum Gasteiger partial charge on any atom is -0.326 e. The fourth-order valence-corrected chi connectivity index (χ4v) is 4.61. The molecule has 0 unspecified atom stereocenters. The number of hydrogen-bond acceptors (Lipinski definition) is 1. The van der Waals surface area contributed by atoms with E-state index in [1.54, 1.807) is 0 Å². The summed E-state index contributed by atoms with van der Waals surface area (Å²) in [7, 11) is 0. The lowest BCUT2D eigenvalue weighted by molar-refractivity contribution is -1.10. The van der Waals surface area contributed by atoms with Gasteiger partial charge in [0.2, 0.25) is 0 Å². The molecule has 3 aliphatic heterocycles. The van der Waals surface area contributed by atoms with E-state index in [9.17, 15) is 0 Å². The monoisotopic (exact) mass is 282 g/mol. The molecule has 1 saturated carbocycles. The molecule has 0 aromatic carbocycles. The van der Waals surface area contributed by atoms with Crippen LogP contribution < -0.4 is 0 Å². The number of hydrogen-bond donors (Lipinski definition) is 0. The predicted octanol–water partition coefficient (Wildman–Crippen LogP) is 2.75. The minimum absolute atomic E-state index is 0.0111. The van der Waals surface area contributed by atoms with Crippen molar-refractivity contribution >= 4 is 0 Å². The van der Waals surface area contributed by atoms with Gasteiger partial charge in [-0.3, -0.25) is 4.48 Å². The van der Waals surface area contributed by atoms with Crippen molar-refractivity contribution in [2.45, 2.75) is 64.5 Å². The van der Waals surface area contributed by atoms with E-state index in [1.165, 1.54) is 80.3 Å². The van der Waals surface area contributed by atoms with Crippen molar-refractivity contribution in [3.8, 4) is 0 Å². The highest BCUT2D eigenvalue weighted by Gasteiger charge is 2.52. The Hall–Kier alpha value is -0.120. The molecule has 1 aliphatic carbocycles. The van der Waals surface area contributed by atoms with E-state index in [-0.39, 0.29) is 5.60 Å². The third-order valence-electron chi connectivity index (χ3n) is 6.18. The van der Waals surface area contributed by atoms with Gasteiger partial charge in [0.1, 0.15) is 39.3 Å². The Morgan fingerprint density at radius 2 is 1.40 bits per heavy atom. The Bertz CT molecular complexity index is 317. The minimum atomic E-state index is 0.0111. The topological polar surface area (TPSA) is 9.23 Å². The molecule has 0 N–H and O–H groups in total. The van der Waals surface area contributed by atoms with Crippen LogP contribution in [0.4, 0.5) is 0 Å². The molecule has 0 spiro atoms. The molecule has 0 radical (unpaired) electrons. The van der Waals surface area contributed by atoms with Crippen molar-refractivity contribution in [3.63, 3.8) is 0 Å². The first-order chi connectivity index (χ1) is 9.43. The van der Waals surface area contributed by atoms with Gasteiger partial charge in [-0.05, 0) is 46.5 Å². The van der Waals surface area contributed by atoms with Crippen LogP contribution in [0.2, 0.25) is 0 Å². The maximum absolute atomic E-state index is 6.13. The van der Waals surface area contributed by atoms with Crippen molar-refractivity contribution in [3.05, 3.63) is 0 Å². The predicted molar refractivity (Wildman–Crippen MR) is 82.3 cm³/mol. The van der Waals surface area contributed by atoms with Gasteiger partial charge in [0, 0.05) is 0 Å². The van der Waals surface area contributed by atoms with Crippen molar-refractivity contribution in [2.75, 3.05) is 46.0 Å². The van der Waals surface area contributed by atoms with Gasteiger partial charge in [-0.1, -0.05) is 6.42 Å². The lowest BCUT2D eigenvalue weighted by Gasteiger charge is -2.58. The maximum Gasteiger partial charge on any atom is 0.184 e. The fourth-order valence-electron chi connectivity index (χ4n) is 4.61. The second kappa shape index (κ2) is 5.26. The zero-order chi connectivity index (χ0) is 14.3. The molecule has 3 nitrogen and oxygen atoms in total. The van der Waals surface area contributed by atoms with Crippen LogP contribution in [0.25, 0.3) is 0 Å². The highest BCUT2D eigenvalue weighted by atomic mass is 16.5. The van der Waals surface area contributed by atoms with Crippen molar-refractivity contribution in [1.29, 1.82) is 0 Å². The molecular weight excluding hydrogens is 248 g/mol. The summed E-state index contributed by atoms with van der Waals surface area (Å²) in [6.45, 7) is 15.8. The Kier molecular flexibility index (Phi) is 3.89. The molecule has 4 fully saturated rings. The van der Waals surface area contributed by atoms with E-state index >= 15 is 0 Å². The van der Waals surface area contributed by atoms with Crippen LogP contribution in [0.3, 0.4) is 0 Å². The van der Waals surface area contributed by atoms with Crippen LogP contribution in [0.5, 0.6) is 0 Å². The van der Waals surface area contributed by atoms with E-state index in [2.05, 4.69) is 20.8 Å². The van der Waals surface area contributed by atoms with E-state index < -0.39 is 0 Å². The molecular formula is C17H34N2O+2. The summed E-state index contributed by atoms with van der Waals surface area (Å²) in [5.41, 5.74) is 0.0111. The van der Waals surface area contributed by atoms with Gasteiger partial charge in [-0.25, -0.2) is 0 Å². The van der Waals surface area contributed by atoms with Crippen LogP contribution in [-0.2, 0) is 4.74 Å². The first kappa shape index (κ1) is 14.8. The van der Waals surface area contributed by atoms with Gasteiger partial charge in [0.05, 0.1) is 11.6 Å². The average Bonchev–Trinajstić information content (AvgIpc) is 2.48. The number of ether oxygens (including phenoxy) is 1. The van der Waals surface area contributed by atoms with Crippen LogP contribution in [-0.4, -0.2) is 66.6 Å². The van der Waals surface area contributed by atoms with Crippen molar-refractivity contribution in [1.82, 2.24) is 0 Å². The van der Waals surface area contributed by atoms with Gasteiger partial charge in [0.25, 0.3) is 0 Å². The quantitative estimate of drug-likeness (QED) is 0.723. The number of nitrogens with zero attached hydrogens (tertiary/aromatic N) is 2. The van der Waals surface area contributed by atoms with E-state index in [4.69, 9.17) is 4.74 Å². The van der Waals surface area contributed by atoms with Gasteiger partial charge in [0.15, 0.2) is 6.73 Å². The number of piperazine rings is 3. The lowest BCUT2D eigenvalue weighted by Crippen LogP contribution is -2.77. The normalized spacial score (nSPS) is 39.1. The summed E-state index contributed by atoms with van der Waals surface area (Å²) in [5, 5.41) is 0. The summed E-state index contributed by atoms with van der Waals surface area (Å²) in [6.07, 6.45) is 7.45. The summed E-state index contributed by atoms with van der Waals surface area (Å²) in [5.74, 6) is 0. The average molecular weight is 282 g/mol. The third kappa shape index (κ3) is 2.90. The van der Waals surface area contributed by atoms with E-state index in [0.29, 0.717) is 0 Å². The SMILES string of the molecule is CC(C)(C)OC[N+]12CC[N+](C3CCCCC3)(CC1)CC2. The summed E-state index contributed by atoms with van der Waals surface area (Å²) >= 11 is 0. The Morgan fingerprint density at radius 1 is 0.850 bits per heavy atom. The molecule has 3 saturated heterocycles. The molecule has 3 heteroatoms. The molecule has 0 amide bonds. The van der Waals surface area contributed by atoms with Crippen LogP contribution in [0.15, 0.2) is 0 Å². The number of fused-ring (bicyclic) bond motifs is 3. The Labute approximate surface area is 125 Å². The van der Waals surface area contributed by atoms with Crippen molar-refractivity contribution < 1.29 is 13.7 Å². The number of rotatable bonds is 3. The fraction of sp³-hybridized carbons (Fsp3) is 1.00. The zero-order valence-corrected chi connectivity index (χ0v) is 13.9. The second-order valence-electron chi connectivity index (χ2n) is 8.58. The van der Waals surface area contributed by atoms with E-state index in [1.807, 2.05) is 0 Å². The summed E-state index contributed by atoms with van der Waals surface area (Å²) < 4.78 is 8.84. The first-order valence-corrected chi connectivity index (χ1v) is 8.78. The zero-order valence-electron chi connectivity index (χ0n) is 13.9. The first-order valence-electron chi connectivity index (χ1n) is 8.78. The highest BCUT2D eigenvalue weighted by Crippen LogP contribution is 2.35. The van der Waals surface area contributed by atoms with Crippen molar-refractivity contribution in [2.24, 2.45) is 0 Å². The molecule has 0 atom stereocenters. The smallest absolute Gasteiger partial charge is 0.184 e. The van der Waals surface area contributed by atoms with E-state index in [0.717, 1.165) is 12.8 Å². The second-order valence-corrected chi connectivity index (χ2v) is 8.58. The number of quaternary nitrogens is 2. The van der Waals surface area contributed by atoms with Crippen LogP contribution in [0.1, 0.15) is 52.9 Å². The summed E-state index contributed by atoms with van der Waals surface area (Å²) in [6, 6.07) is 0.995. The van der Waals surface area contributed by atoms with Gasteiger partial charge >= 0.3 is 0 Å². The third-order valence-corrected chi connectivity index (χ3v) is 6.18. The Morgan fingerprint density at radius 3 is 1.90 bits per heavy atom. The summed E-state index contributed by atoms with van der Waals surface area (Å²) in [4.78, 5) is 0. The van der Waals surface area contributed by atoms with Gasteiger partial charge in [-0.2, -0.15) is 0 Å². The largest absolute Gasteiger partial charge is 0.326 e. The molecule has 116 valence electrons. The molecule has 0 aromatic rings. The molecule has 20 heavy (non-hydrogen) atoms. The molecule has 4 rings (SSSR count). The van der Waals surface area contributed by atoms with Gasteiger partial charge < -0.3 is 9.22 Å². The Balaban J connectivity index is 1.60.